The topological polar surface area (TPSA) is 142 Å². The number of rotatable bonds is 7. The second kappa shape index (κ2) is 7.95. The van der Waals surface area contributed by atoms with Crippen molar-refractivity contribution < 1.29 is 24.1 Å². The van der Waals surface area contributed by atoms with Gasteiger partial charge < -0.3 is 14.5 Å². The van der Waals surface area contributed by atoms with Crippen LogP contribution in [-0.4, -0.2) is 59.5 Å². The van der Waals surface area contributed by atoms with Gasteiger partial charge in [0.1, 0.15) is 24.5 Å². The molecule has 1 saturated heterocycles. The monoisotopic (exact) mass is 379 g/mol. The van der Waals surface area contributed by atoms with Gasteiger partial charge in [0.15, 0.2) is 0 Å². The molecule has 2 heterocycles. The van der Waals surface area contributed by atoms with Crippen LogP contribution in [0.25, 0.3) is 0 Å². The molecule has 1 aromatic carbocycles. The molecule has 0 saturated carbocycles. The fraction of sp³-hybridized carbons (Fsp3) is 0.467. The molecular weight excluding hydrogens is 360 g/mol. The maximum Gasteiger partial charge on any atom is 0.299 e. The molecule has 2 aromatic rings. The minimum absolute atomic E-state index is 0.245. The number of anilines is 1. The van der Waals surface area contributed by atoms with E-state index < -0.39 is 9.85 Å². The van der Waals surface area contributed by atoms with E-state index in [4.69, 9.17) is 4.74 Å². The zero-order valence-corrected chi connectivity index (χ0v) is 14.7. The van der Waals surface area contributed by atoms with E-state index in [-0.39, 0.29) is 11.4 Å². The van der Waals surface area contributed by atoms with Crippen molar-refractivity contribution in [2.75, 3.05) is 44.2 Å². The van der Waals surface area contributed by atoms with Gasteiger partial charge in [-0.1, -0.05) is 5.16 Å². The highest BCUT2D eigenvalue weighted by molar-refractivity contribution is 5.66. The quantitative estimate of drug-likeness (QED) is 0.518. The smallest absolute Gasteiger partial charge is 0.299 e. The zero-order valence-electron chi connectivity index (χ0n) is 14.7. The van der Waals surface area contributed by atoms with Gasteiger partial charge in [-0.3, -0.25) is 20.2 Å². The number of ether oxygens (including phenoxy) is 1. The molecule has 1 aliphatic heterocycles. The Labute approximate surface area is 153 Å². The van der Waals surface area contributed by atoms with Crippen molar-refractivity contribution in [2.45, 2.75) is 6.92 Å². The first-order chi connectivity index (χ1) is 13.0. The number of non-ortho nitro benzene ring substituents is 1. The maximum absolute atomic E-state index is 11.3. The summed E-state index contributed by atoms with van der Waals surface area (Å²) in [5, 5.41) is 29.5. The third-order valence-corrected chi connectivity index (χ3v) is 4.48. The maximum atomic E-state index is 11.3. The van der Waals surface area contributed by atoms with Crippen molar-refractivity contribution in [1.82, 2.24) is 10.3 Å². The van der Waals surface area contributed by atoms with Gasteiger partial charge in [0.05, 0.1) is 42.1 Å². The summed E-state index contributed by atoms with van der Waals surface area (Å²) in [4.78, 5) is 24.1. The average molecular weight is 379 g/mol. The van der Waals surface area contributed by atoms with Crippen molar-refractivity contribution in [3.8, 4) is 5.88 Å². The lowest BCUT2D eigenvalue weighted by Gasteiger charge is -2.33. The number of aromatic nitrogens is 2. The molecule has 0 unspecified atom stereocenters. The molecule has 0 radical (unpaired) electrons. The molecule has 12 heteroatoms. The summed E-state index contributed by atoms with van der Waals surface area (Å²) in [6.45, 7) is 5.72. The average Bonchev–Trinajstić information content (AvgIpc) is 3.06. The molecule has 0 aliphatic carbocycles. The van der Waals surface area contributed by atoms with E-state index in [1.54, 1.807) is 6.92 Å². The molecule has 1 N–H and O–H groups in total. The molecule has 1 aliphatic rings. The van der Waals surface area contributed by atoms with Gasteiger partial charge in [-0.25, -0.2) is 4.63 Å². The lowest BCUT2D eigenvalue weighted by atomic mass is 10.2. The van der Waals surface area contributed by atoms with Crippen LogP contribution in [-0.2, 0) is 0 Å². The van der Waals surface area contributed by atoms with Crippen LogP contribution >= 0.6 is 0 Å². The van der Waals surface area contributed by atoms with Gasteiger partial charge in [-0.2, -0.15) is 0 Å². The van der Waals surface area contributed by atoms with E-state index in [9.17, 15) is 20.2 Å². The first kappa shape index (κ1) is 18.5. The van der Waals surface area contributed by atoms with E-state index in [1.807, 2.05) is 4.90 Å². The van der Waals surface area contributed by atoms with E-state index in [0.717, 1.165) is 25.7 Å². The molecule has 3 rings (SSSR count). The molecule has 1 aromatic heterocycles. The van der Waals surface area contributed by atoms with E-state index >= 15 is 0 Å². The summed E-state index contributed by atoms with van der Waals surface area (Å²) in [6.07, 6.45) is 0. The first-order valence-electron chi connectivity index (χ1n) is 8.39. The Kier molecular flexibility index (Phi) is 5.45. The Morgan fingerprint density at radius 2 is 1.96 bits per heavy atom. The van der Waals surface area contributed by atoms with E-state index in [0.29, 0.717) is 37.0 Å². The Bertz CT molecular complexity index is 832. The van der Waals surface area contributed by atoms with Crippen LogP contribution in [0.2, 0.25) is 0 Å². The summed E-state index contributed by atoms with van der Waals surface area (Å²) in [7, 11) is 0. The summed E-state index contributed by atoms with van der Waals surface area (Å²) >= 11 is 0. The van der Waals surface area contributed by atoms with Gasteiger partial charge in [-0.15, -0.1) is 0 Å². The van der Waals surface area contributed by atoms with Crippen LogP contribution < -0.4 is 14.5 Å². The third kappa shape index (κ3) is 4.28. The summed E-state index contributed by atoms with van der Waals surface area (Å²) in [6, 6.07) is 3.76. The van der Waals surface area contributed by atoms with Gasteiger partial charge in [0, 0.05) is 6.07 Å². The fourth-order valence-electron chi connectivity index (χ4n) is 3.00. The minimum Gasteiger partial charge on any atom is -0.468 e. The predicted molar refractivity (Wildman–Crippen MR) is 92.1 cm³/mol. The highest BCUT2D eigenvalue weighted by Crippen LogP contribution is 2.31. The normalized spacial score (nSPS) is 14.9. The van der Waals surface area contributed by atoms with E-state index in [2.05, 4.69) is 14.9 Å². The summed E-state index contributed by atoms with van der Waals surface area (Å²) in [5.41, 5.74) is 0.472. The lowest BCUT2D eigenvalue weighted by molar-refractivity contribution is -0.900. The molecule has 0 atom stereocenters. The molecule has 144 valence electrons. The third-order valence-electron chi connectivity index (χ3n) is 4.48. The zero-order chi connectivity index (χ0) is 19.4. The molecule has 1 fully saturated rings. The number of hydrogen-bond acceptors (Lipinski definition) is 9. The molecule has 0 bridgehead atoms. The van der Waals surface area contributed by atoms with Crippen molar-refractivity contribution >= 4 is 17.1 Å². The first-order valence-corrected chi connectivity index (χ1v) is 8.39. The van der Waals surface area contributed by atoms with Crippen LogP contribution in [0, 0.1) is 27.2 Å². The number of aryl methyl sites for hydroxylation is 1. The number of nitro benzene ring substituents is 2. The fourth-order valence-corrected chi connectivity index (χ4v) is 3.00. The van der Waals surface area contributed by atoms with Crippen molar-refractivity contribution in [3.63, 3.8) is 0 Å². The number of piperazine rings is 1. The Balaban J connectivity index is 1.56. The van der Waals surface area contributed by atoms with Crippen LogP contribution in [0.5, 0.6) is 5.88 Å². The Morgan fingerprint density at radius 1 is 1.22 bits per heavy atom. The van der Waals surface area contributed by atoms with Gasteiger partial charge in [0.2, 0.25) is 0 Å². The van der Waals surface area contributed by atoms with Crippen LogP contribution in [0.15, 0.2) is 22.8 Å². The summed E-state index contributed by atoms with van der Waals surface area (Å²) in [5.74, 6) is 0.384. The molecule has 27 heavy (non-hydrogen) atoms. The second-order valence-corrected chi connectivity index (χ2v) is 6.18. The van der Waals surface area contributed by atoms with Crippen molar-refractivity contribution in [1.29, 1.82) is 0 Å². The minimum atomic E-state index is -0.634. The number of benzene rings is 1. The van der Waals surface area contributed by atoms with Crippen molar-refractivity contribution in [3.05, 3.63) is 44.1 Å². The van der Waals surface area contributed by atoms with Crippen LogP contribution in [0.1, 0.15) is 5.69 Å². The number of hydrogen-bond donors (Lipinski definition) is 1. The highest BCUT2D eigenvalue weighted by Gasteiger charge is 2.27. The predicted octanol–water partition coefficient (Wildman–Crippen LogP) is -0.0217. The highest BCUT2D eigenvalue weighted by atomic mass is 16.6. The van der Waals surface area contributed by atoms with Crippen LogP contribution in [0.3, 0.4) is 0 Å². The molecule has 12 nitrogen and oxygen atoms in total. The Morgan fingerprint density at radius 3 is 2.56 bits per heavy atom. The molecular formula is C15H19N6O6+. The van der Waals surface area contributed by atoms with Crippen LogP contribution in [0.4, 0.5) is 17.1 Å². The van der Waals surface area contributed by atoms with Gasteiger partial charge in [0.25, 0.3) is 17.3 Å². The summed E-state index contributed by atoms with van der Waals surface area (Å²) < 4.78 is 10.1. The molecule has 0 spiro atoms. The number of nitro groups is 2. The largest absolute Gasteiger partial charge is 0.468 e. The number of nitrogens with one attached hydrogen (secondary N) is 1. The second-order valence-electron chi connectivity index (χ2n) is 6.18. The standard InChI is InChI=1S/C15H18N6O6/c1-11-15(17-27-16-11)26-9-8-18-4-6-19(7-5-18)13-3-2-12(20(22)23)10-14(13)21(24)25/h2-3,10H,4-9H2,1H3/p+1. The number of quaternary nitrogens is 1. The SMILES string of the molecule is Cc1nonc1OCC[NH+]1CCN(c2ccc([N+](=O)[O-])cc2[N+](=O)[O-])CC1. The number of nitrogens with zero attached hydrogens (tertiary/aromatic N) is 5. The van der Waals surface area contributed by atoms with Gasteiger partial charge >= 0.3 is 0 Å². The van der Waals surface area contributed by atoms with E-state index in [1.165, 1.54) is 17.0 Å². The van der Waals surface area contributed by atoms with Gasteiger partial charge in [-0.05, 0) is 18.1 Å². The molecule has 0 amide bonds. The lowest BCUT2D eigenvalue weighted by Crippen LogP contribution is -3.15. The van der Waals surface area contributed by atoms with Crippen molar-refractivity contribution in [2.24, 2.45) is 0 Å². The Hall–Kier alpha value is -3.28.